The quantitative estimate of drug-likeness (QED) is 0.828. The molecule has 0 aliphatic rings. The van der Waals surface area contributed by atoms with E-state index < -0.39 is 5.82 Å². The highest BCUT2D eigenvalue weighted by molar-refractivity contribution is 5.50. The Kier molecular flexibility index (Phi) is 4.13. The normalized spacial score (nSPS) is 12.0. The summed E-state index contributed by atoms with van der Waals surface area (Å²) < 4.78 is 18.7. The number of anilines is 1. The molecule has 0 aliphatic carbocycles. The highest BCUT2D eigenvalue weighted by Crippen LogP contribution is 2.29. The lowest BCUT2D eigenvalue weighted by molar-refractivity contribution is 0.407. The van der Waals surface area contributed by atoms with Crippen molar-refractivity contribution in [2.75, 3.05) is 12.4 Å². The Labute approximate surface area is 118 Å². The Morgan fingerprint density at radius 1 is 1.20 bits per heavy atom. The van der Waals surface area contributed by atoms with Crippen molar-refractivity contribution in [2.45, 2.75) is 19.9 Å². The van der Waals surface area contributed by atoms with Gasteiger partial charge in [-0.3, -0.25) is 0 Å². The van der Waals surface area contributed by atoms with E-state index in [2.05, 4.69) is 5.32 Å². The molecule has 0 radical (unpaired) electrons. The van der Waals surface area contributed by atoms with Crippen LogP contribution in [0.5, 0.6) is 11.5 Å². The number of nitrogens with one attached hydrogen (secondary N) is 1. The lowest BCUT2D eigenvalue weighted by Crippen LogP contribution is -2.08. The van der Waals surface area contributed by atoms with Crippen molar-refractivity contribution in [1.82, 2.24) is 0 Å². The zero-order chi connectivity index (χ0) is 14.7. The third-order valence-electron chi connectivity index (χ3n) is 3.18. The van der Waals surface area contributed by atoms with Crippen molar-refractivity contribution in [3.8, 4) is 11.5 Å². The predicted octanol–water partition coefficient (Wildman–Crippen LogP) is 4.02. The van der Waals surface area contributed by atoms with Gasteiger partial charge in [0.1, 0.15) is 5.75 Å². The topological polar surface area (TPSA) is 41.5 Å². The molecule has 0 aromatic heterocycles. The van der Waals surface area contributed by atoms with Crippen molar-refractivity contribution in [2.24, 2.45) is 0 Å². The van der Waals surface area contributed by atoms with Crippen LogP contribution < -0.4 is 10.1 Å². The maximum absolute atomic E-state index is 13.3. The fourth-order valence-corrected chi connectivity index (χ4v) is 2.12. The first-order chi connectivity index (χ1) is 9.51. The summed E-state index contributed by atoms with van der Waals surface area (Å²) in [7, 11) is 1.63. The van der Waals surface area contributed by atoms with Gasteiger partial charge in [0.25, 0.3) is 0 Å². The van der Waals surface area contributed by atoms with Crippen LogP contribution in [0.1, 0.15) is 24.1 Å². The average Bonchev–Trinajstić information content (AvgIpc) is 2.43. The zero-order valence-corrected chi connectivity index (χ0v) is 11.8. The monoisotopic (exact) mass is 275 g/mol. The number of aryl methyl sites for hydroxylation is 1. The number of aromatic hydroxyl groups is 1. The van der Waals surface area contributed by atoms with Gasteiger partial charge in [0.15, 0.2) is 11.6 Å². The van der Waals surface area contributed by atoms with Crippen LogP contribution in [0.3, 0.4) is 0 Å². The molecule has 2 aromatic rings. The first-order valence-corrected chi connectivity index (χ1v) is 6.41. The molecule has 0 saturated carbocycles. The van der Waals surface area contributed by atoms with E-state index in [0.717, 1.165) is 16.9 Å². The SMILES string of the molecule is COc1ccc(C)cc1C(C)Nc1ccc(O)c(F)c1. The number of rotatable bonds is 4. The van der Waals surface area contributed by atoms with Crippen LogP contribution in [0.4, 0.5) is 10.1 Å². The Bertz CT molecular complexity index is 613. The molecule has 0 fully saturated rings. The van der Waals surface area contributed by atoms with E-state index in [1.165, 1.54) is 12.1 Å². The predicted molar refractivity (Wildman–Crippen MR) is 77.8 cm³/mol. The van der Waals surface area contributed by atoms with E-state index in [9.17, 15) is 9.50 Å². The molecule has 0 heterocycles. The van der Waals surface area contributed by atoms with Gasteiger partial charge < -0.3 is 15.2 Å². The van der Waals surface area contributed by atoms with Gasteiger partial charge >= 0.3 is 0 Å². The second-order valence-electron chi connectivity index (χ2n) is 4.78. The van der Waals surface area contributed by atoms with E-state index in [1.807, 2.05) is 32.0 Å². The Morgan fingerprint density at radius 2 is 1.95 bits per heavy atom. The van der Waals surface area contributed by atoms with Crippen LogP contribution in [0.15, 0.2) is 36.4 Å². The van der Waals surface area contributed by atoms with Crippen molar-refractivity contribution in [3.05, 3.63) is 53.3 Å². The molecule has 106 valence electrons. The van der Waals surface area contributed by atoms with Gasteiger partial charge in [-0.05, 0) is 32.0 Å². The molecular formula is C16H18FNO2. The van der Waals surface area contributed by atoms with Gasteiger partial charge in [0, 0.05) is 17.3 Å². The van der Waals surface area contributed by atoms with E-state index in [4.69, 9.17) is 4.74 Å². The lowest BCUT2D eigenvalue weighted by atomic mass is 10.0. The van der Waals surface area contributed by atoms with Gasteiger partial charge in [-0.15, -0.1) is 0 Å². The number of ether oxygens (including phenoxy) is 1. The van der Waals surface area contributed by atoms with Crippen molar-refractivity contribution < 1.29 is 14.2 Å². The van der Waals surface area contributed by atoms with Crippen LogP contribution in [-0.2, 0) is 0 Å². The van der Waals surface area contributed by atoms with Gasteiger partial charge in [0.2, 0.25) is 0 Å². The maximum Gasteiger partial charge on any atom is 0.166 e. The number of methoxy groups -OCH3 is 1. The summed E-state index contributed by atoms with van der Waals surface area (Å²) in [6.45, 7) is 3.98. The lowest BCUT2D eigenvalue weighted by Gasteiger charge is -2.19. The molecule has 2 rings (SSSR count). The summed E-state index contributed by atoms with van der Waals surface area (Å²) in [6, 6.07) is 10.1. The summed E-state index contributed by atoms with van der Waals surface area (Å²) in [5.41, 5.74) is 2.74. The summed E-state index contributed by atoms with van der Waals surface area (Å²) >= 11 is 0. The highest BCUT2D eigenvalue weighted by Gasteiger charge is 2.12. The number of hydrogen-bond donors (Lipinski definition) is 2. The molecule has 2 N–H and O–H groups in total. The third kappa shape index (κ3) is 3.02. The zero-order valence-electron chi connectivity index (χ0n) is 11.8. The first kappa shape index (κ1) is 14.2. The Balaban J connectivity index is 2.25. The fourth-order valence-electron chi connectivity index (χ4n) is 2.12. The van der Waals surface area contributed by atoms with Crippen LogP contribution in [0.25, 0.3) is 0 Å². The van der Waals surface area contributed by atoms with E-state index in [0.29, 0.717) is 5.69 Å². The van der Waals surface area contributed by atoms with Crippen molar-refractivity contribution in [3.63, 3.8) is 0 Å². The summed E-state index contributed by atoms with van der Waals surface area (Å²) in [5.74, 6) is -0.204. The molecule has 20 heavy (non-hydrogen) atoms. The first-order valence-electron chi connectivity index (χ1n) is 6.41. The minimum absolute atomic E-state index is 0.0474. The fraction of sp³-hybridized carbons (Fsp3) is 0.250. The molecule has 0 saturated heterocycles. The number of phenolic OH excluding ortho intramolecular Hbond substituents is 1. The third-order valence-corrected chi connectivity index (χ3v) is 3.18. The Morgan fingerprint density at radius 3 is 2.60 bits per heavy atom. The maximum atomic E-state index is 13.3. The minimum atomic E-state index is -0.640. The largest absolute Gasteiger partial charge is 0.505 e. The molecule has 2 aromatic carbocycles. The number of phenols is 1. The molecule has 0 amide bonds. The van der Waals surface area contributed by atoms with Gasteiger partial charge in [-0.25, -0.2) is 4.39 Å². The average molecular weight is 275 g/mol. The van der Waals surface area contributed by atoms with Crippen LogP contribution in [0.2, 0.25) is 0 Å². The standard InChI is InChI=1S/C16H18FNO2/c1-10-4-7-16(20-3)13(8-10)11(2)18-12-5-6-15(19)14(17)9-12/h4-9,11,18-19H,1-3H3. The smallest absolute Gasteiger partial charge is 0.166 e. The Hall–Kier alpha value is -2.23. The van der Waals surface area contributed by atoms with E-state index >= 15 is 0 Å². The summed E-state index contributed by atoms with van der Waals surface area (Å²) in [5, 5.41) is 12.4. The highest BCUT2D eigenvalue weighted by atomic mass is 19.1. The second-order valence-corrected chi connectivity index (χ2v) is 4.78. The second kappa shape index (κ2) is 5.82. The number of halogens is 1. The molecule has 4 heteroatoms. The molecule has 0 bridgehead atoms. The van der Waals surface area contributed by atoms with E-state index in [-0.39, 0.29) is 11.8 Å². The summed E-state index contributed by atoms with van der Waals surface area (Å²) in [4.78, 5) is 0. The van der Waals surface area contributed by atoms with Crippen LogP contribution in [0, 0.1) is 12.7 Å². The number of benzene rings is 2. The molecular weight excluding hydrogens is 257 g/mol. The van der Waals surface area contributed by atoms with Crippen molar-refractivity contribution in [1.29, 1.82) is 0 Å². The van der Waals surface area contributed by atoms with Gasteiger partial charge in [0.05, 0.1) is 13.2 Å². The van der Waals surface area contributed by atoms with Gasteiger partial charge in [-0.2, -0.15) is 0 Å². The molecule has 3 nitrogen and oxygen atoms in total. The molecule has 1 unspecified atom stereocenters. The molecule has 1 atom stereocenters. The van der Waals surface area contributed by atoms with Crippen LogP contribution in [-0.4, -0.2) is 12.2 Å². The molecule has 0 aliphatic heterocycles. The van der Waals surface area contributed by atoms with Crippen molar-refractivity contribution >= 4 is 5.69 Å². The molecule has 0 spiro atoms. The summed E-state index contributed by atoms with van der Waals surface area (Å²) in [6.07, 6.45) is 0. The van der Waals surface area contributed by atoms with Crippen LogP contribution >= 0.6 is 0 Å². The van der Waals surface area contributed by atoms with Gasteiger partial charge in [-0.1, -0.05) is 17.7 Å². The minimum Gasteiger partial charge on any atom is -0.505 e. The van der Waals surface area contributed by atoms with E-state index in [1.54, 1.807) is 13.2 Å². The number of hydrogen-bond acceptors (Lipinski definition) is 3.